The van der Waals surface area contributed by atoms with Gasteiger partial charge in [0, 0.05) is 6.04 Å². The third-order valence-corrected chi connectivity index (χ3v) is 3.44. The first-order valence-corrected chi connectivity index (χ1v) is 6.19. The van der Waals surface area contributed by atoms with Crippen LogP contribution in [-0.4, -0.2) is 11.9 Å². The van der Waals surface area contributed by atoms with Crippen molar-refractivity contribution in [2.75, 3.05) is 0 Å². The van der Waals surface area contributed by atoms with Crippen molar-refractivity contribution in [2.24, 2.45) is 11.7 Å². The molecule has 1 aromatic carbocycles. The van der Waals surface area contributed by atoms with E-state index in [9.17, 15) is 4.79 Å². The summed E-state index contributed by atoms with van der Waals surface area (Å²) in [6, 6.07) is 7.58. The number of halogens is 1. The summed E-state index contributed by atoms with van der Waals surface area (Å²) in [6.07, 6.45) is 2.15. The molecule has 0 heterocycles. The Labute approximate surface area is 115 Å². The van der Waals surface area contributed by atoms with Crippen LogP contribution in [0.4, 0.5) is 0 Å². The minimum atomic E-state index is -0.550. The Hall–Kier alpha value is -1.06. The van der Waals surface area contributed by atoms with Crippen LogP contribution in [0.5, 0.6) is 0 Å². The minimum absolute atomic E-state index is 0. The highest BCUT2D eigenvalue weighted by Gasteiger charge is 2.28. The van der Waals surface area contributed by atoms with Gasteiger partial charge in [-0.05, 0) is 31.2 Å². The second kappa shape index (κ2) is 6.21. The Bertz CT molecular complexity index is 399. The molecular weight excluding hydrogens is 248 g/mol. The standard InChI is InChI=1S/C14H20N2O.ClH/c1-9-3-5-11(6-4-9)13(15)14(17)16-12-7-10(2)8-12;/h3-6,10,12-13H,7-8,15H2,1-2H3,(H,16,17);1H. The lowest BCUT2D eigenvalue weighted by molar-refractivity contribution is -0.124. The SMILES string of the molecule is Cc1ccc(C(N)C(=O)NC2CC(C)C2)cc1.Cl. The number of carbonyl (C=O) groups is 1. The van der Waals surface area contributed by atoms with E-state index in [4.69, 9.17) is 5.73 Å². The minimum Gasteiger partial charge on any atom is -0.352 e. The molecule has 1 aliphatic carbocycles. The van der Waals surface area contributed by atoms with Crippen LogP contribution < -0.4 is 11.1 Å². The van der Waals surface area contributed by atoms with E-state index >= 15 is 0 Å². The average Bonchev–Trinajstić information content (AvgIpc) is 2.27. The Morgan fingerprint density at radius 1 is 1.33 bits per heavy atom. The van der Waals surface area contributed by atoms with Crippen LogP contribution in [-0.2, 0) is 4.79 Å². The normalized spacial score (nSPS) is 23.5. The zero-order chi connectivity index (χ0) is 12.4. The first-order valence-electron chi connectivity index (χ1n) is 6.19. The fourth-order valence-electron chi connectivity index (χ4n) is 2.24. The van der Waals surface area contributed by atoms with Crippen molar-refractivity contribution in [1.82, 2.24) is 5.32 Å². The maximum Gasteiger partial charge on any atom is 0.241 e. The molecule has 0 aliphatic heterocycles. The maximum absolute atomic E-state index is 11.9. The zero-order valence-corrected chi connectivity index (χ0v) is 11.7. The van der Waals surface area contributed by atoms with Crippen LogP contribution in [0.2, 0.25) is 0 Å². The van der Waals surface area contributed by atoms with Crippen molar-refractivity contribution in [1.29, 1.82) is 0 Å². The van der Waals surface area contributed by atoms with E-state index in [1.807, 2.05) is 31.2 Å². The highest BCUT2D eigenvalue weighted by Crippen LogP contribution is 2.26. The molecule has 0 saturated heterocycles. The summed E-state index contributed by atoms with van der Waals surface area (Å²) in [7, 11) is 0. The molecule has 0 radical (unpaired) electrons. The van der Waals surface area contributed by atoms with E-state index in [0.717, 1.165) is 24.3 Å². The van der Waals surface area contributed by atoms with Gasteiger partial charge in [0.25, 0.3) is 0 Å². The quantitative estimate of drug-likeness (QED) is 0.884. The van der Waals surface area contributed by atoms with E-state index in [1.165, 1.54) is 5.56 Å². The van der Waals surface area contributed by atoms with Gasteiger partial charge in [0.2, 0.25) is 5.91 Å². The highest BCUT2D eigenvalue weighted by atomic mass is 35.5. The van der Waals surface area contributed by atoms with Crippen molar-refractivity contribution in [2.45, 2.75) is 38.8 Å². The van der Waals surface area contributed by atoms with Crippen LogP contribution in [0, 0.1) is 12.8 Å². The Kier molecular flexibility index (Phi) is 5.17. The van der Waals surface area contributed by atoms with Crippen LogP contribution in [0.1, 0.15) is 36.9 Å². The molecule has 4 heteroatoms. The third-order valence-electron chi connectivity index (χ3n) is 3.44. The van der Waals surface area contributed by atoms with E-state index in [2.05, 4.69) is 12.2 Å². The van der Waals surface area contributed by atoms with Gasteiger partial charge in [0.1, 0.15) is 6.04 Å². The average molecular weight is 269 g/mol. The lowest BCUT2D eigenvalue weighted by atomic mass is 9.82. The number of amides is 1. The summed E-state index contributed by atoms with van der Waals surface area (Å²) in [5.74, 6) is 0.668. The van der Waals surface area contributed by atoms with Gasteiger partial charge in [-0.2, -0.15) is 0 Å². The predicted molar refractivity (Wildman–Crippen MR) is 75.7 cm³/mol. The second-order valence-electron chi connectivity index (χ2n) is 5.17. The number of aryl methyl sites for hydroxylation is 1. The largest absolute Gasteiger partial charge is 0.352 e. The molecule has 1 aliphatic rings. The van der Waals surface area contributed by atoms with Gasteiger partial charge in [0.05, 0.1) is 0 Å². The van der Waals surface area contributed by atoms with Crippen LogP contribution in [0.15, 0.2) is 24.3 Å². The fourth-order valence-corrected chi connectivity index (χ4v) is 2.24. The molecule has 2 rings (SSSR count). The summed E-state index contributed by atoms with van der Waals surface area (Å²) in [4.78, 5) is 11.9. The number of nitrogens with two attached hydrogens (primary N) is 1. The number of hydrogen-bond acceptors (Lipinski definition) is 2. The van der Waals surface area contributed by atoms with Gasteiger partial charge < -0.3 is 11.1 Å². The monoisotopic (exact) mass is 268 g/mol. The topological polar surface area (TPSA) is 55.1 Å². The van der Waals surface area contributed by atoms with E-state index in [0.29, 0.717) is 6.04 Å². The first kappa shape index (κ1) is 15.0. The molecule has 100 valence electrons. The smallest absolute Gasteiger partial charge is 0.241 e. The molecule has 18 heavy (non-hydrogen) atoms. The number of hydrogen-bond donors (Lipinski definition) is 2. The van der Waals surface area contributed by atoms with Gasteiger partial charge >= 0.3 is 0 Å². The van der Waals surface area contributed by atoms with Crippen molar-refractivity contribution in [3.05, 3.63) is 35.4 Å². The van der Waals surface area contributed by atoms with Gasteiger partial charge in [0.15, 0.2) is 0 Å². The number of nitrogens with one attached hydrogen (secondary N) is 1. The van der Waals surface area contributed by atoms with Crippen LogP contribution in [0.3, 0.4) is 0 Å². The molecule has 0 bridgehead atoms. The summed E-state index contributed by atoms with van der Waals surface area (Å²) in [5, 5.41) is 3.00. The summed E-state index contributed by atoms with van der Waals surface area (Å²) < 4.78 is 0. The lowest BCUT2D eigenvalue weighted by Crippen LogP contribution is -2.46. The molecule has 0 spiro atoms. The molecule has 1 atom stereocenters. The van der Waals surface area contributed by atoms with E-state index in [-0.39, 0.29) is 18.3 Å². The molecule has 1 saturated carbocycles. The third kappa shape index (κ3) is 3.47. The maximum atomic E-state index is 11.9. The molecule has 3 N–H and O–H groups in total. The summed E-state index contributed by atoms with van der Waals surface area (Å²) >= 11 is 0. The number of carbonyl (C=O) groups excluding carboxylic acids is 1. The molecule has 3 nitrogen and oxygen atoms in total. The second-order valence-corrected chi connectivity index (χ2v) is 5.17. The zero-order valence-electron chi connectivity index (χ0n) is 10.8. The van der Waals surface area contributed by atoms with Gasteiger partial charge in [-0.1, -0.05) is 36.8 Å². The molecule has 1 unspecified atom stereocenters. The number of rotatable bonds is 3. The summed E-state index contributed by atoms with van der Waals surface area (Å²) in [6.45, 7) is 4.22. The van der Waals surface area contributed by atoms with Gasteiger partial charge in [-0.3, -0.25) is 4.79 Å². The molecular formula is C14H21ClN2O. The van der Waals surface area contributed by atoms with Crippen molar-refractivity contribution in [3.63, 3.8) is 0 Å². The Balaban J connectivity index is 0.00000162. The van der Waals surface area contributed by atoms with Crippen LogP contribution >= 0.6 is 12.4 Å². The van der Waals surface area contributed by atoms with Crippen molar-refractivity contribution < 1.29 is 4.79 Å². The number of benzene rings is 1. The first-order chi connectivity index (χ1) is 8.06. The van der Waals surface area contributed by atoms with E-state index in [1.54, 1.807) is 0 Å². The summed E-state index contributed by atoms with van der Waals surface area (Å²) in [5.41, 5.74) is 7.99. The van der Waals surface area contributed by atoms with Crippen LogP contribution in [0.25, 0.3) is 0 Å². The highest BCUT2D eigenvalue weighted by molar-refractivity contribution is 5.85. The molecule has 1 amide bonds. The van der Waals surface area contributed by atoms with Gasteiger partial charge in [-0.15, -0.1) is 12.4 Å². The van der Waals surface area contributed by atoms with Gasteiger partial charge in [-0.25, -0.2) is 0 Å². The predicted octanol–water partition coefficient (Wildman–Crippen LogP) is 2.33. The van der Waals surface area contributed by atoms with Crippen molar-refractivity contribution in [3.8, 4) is 0 Å². The fraction of sp³-hybridized carbons (Fsp3) is 0.500. The van der Waals surface area contributed by atoms with Crippen molar-refractivity contribution >= 4 is 18.3 Å². The molecule has 1 aromatic rings. The Morgan fingerprint density at radius 3 is 2.39 bits per heavy atom. The Morgan fingerprint density at radius 2 is 1.89 bits per heavy atom. The lowest BCUT2D eigenvalue weighted by Gasteiger charge is -2.34. The van der Waals surface area contributed by atoms with E-state index < -0.39 is 6.04 Å². The molecule has 0 aromatic heterocycles. The molecule has 1 fully saturated rings.